The molecule has 0 fully saturated rings. The molecule has 0 bridgehead atoms. The monoisotopic (exact) mass is 376 g/mol. The van der Waals surface area contributed by atoms with Gasteiger partial charge in [0, 0.05) is 35.6 Å². The van der Waals surface area contributed by atoms with Crippen molar-refractivity contribution >= 4 is 34.3 Å². The average Bonchev–Trinajstić information content (AvgIpc) is 2.70. The quantitative estimate of drug-likeness (QED) is 0.550. The molecule has 0 saturated heterocycles. The van der Waals surface area contributed by atoms with Crippen LogP contribution in [-0.4, -0.2) is 25.9 Å². The maximum atomic E-state index is 12.9. The van der Waals surface area contributed by atoms with E-state index in [1.807, 2.05) is 0 Å². The van der Waals surface area contributed by atoms with Crippen LogP contribution in [-0.2, 0) is 0 Å². The third-order valence-corrected chi connectivity index (χ3v) is 4.36. The maximum absolute atomic E-state index is 12.9. The van der Waals surface area contributed by atoms with Crippen LogP contribution in [0.2, 0.25) is 5.02 Å². The summed E-state index contributed by atoms with van der Waals surface area (Å²) in [4.78, 5) is 25.4. The Morgan fingerprint density at radius 3 is 2.56 bits per heavy atom. The van der Waals surface area contributed by atoms with Crippen LogP contribution >= 0.6 is 11.6 Å². The van der Waals surface area contributed by atoms with E-state index in [0.29, 0.717) is 32.9 Å². The molecule has 0 amide bonds. The number of aromatic nitrogens is 3. The van der Waals surface area contributed by atoms with Gasteiger partial charge in [0.1, 0.15) is 5.82 Å². The molecular formula is C20H13ClN4O2. The zero-order valence-corrected chi connectivity index (χ0v) is 14.7. The van der Waals surface area contributed by atoms with Crippen molar-refractivity contribution in [2.75, 3.05) is 0 Å². The number of rotatable bonds is 3. The minimum Gasteiger partial charge on any atom is -0.494 e. The standard InChI is InChI=1S/C20H13ClN4O2/c21-16-12-22-10-8-17(16)24-11-15-13-5-1-2-6-14(13)19(26)25(20(15)27)18-7-3-4-9-23-18/h1-12,27H. The molecule has 1 N–H and O–H groups in total. The lowest BCUT2D eigenvalue weighted by Gasteiger charge is -2.12. The summed E-state index contributed by atoms with van der Waals surface area (Å²) in [5.74, 6) is 0.0775. The van der Waals surface area contributed by atoms with Crippen molar-refractivity contribution in [2.24, 2.45) is 4.99 Å². The minimum absolute atomic E-state index is 0.244. The second-order valence-electron chi connectivity index (χ2n) is 5.70. The van der Waals surface area contributed by atoms with E-state index < -0.39 is 0 Å². The van der Waals surface area contributed by atoms with E-state index in [2.05, 4.69) is 15.0 Å². The smallest absolute Gasteiger partial charge is 0.267 e. The van der Waals surface area contributed by atoms with Crippen LogP contribution in [0.15, 0.2) is 76.9 Å². The van der Waals surface area contributed by atoms with Gasteiger partial charge in [-0.1, -0.05) is 35.9 Å². The number of nitrogens with zero attached hydrogens (tertiary/aromatic N) is 4. The van der Waals surface area contributed by atoms with Crippen LogP contribution in [0.4, 0.5) is 5.69 Å². The molecule has 27 heavy (non-hydrogen) atoms. The Morgan fingerprint density at radius 2 is 1.81 bits per heavy atom. The van der Waals surface area contributed by atoms with E-state index in [1.54, 1.807) is 60.9 Å². The highest BCUT2D eigenvalue weighted by Crippen LogP contribution is 2.27. The van der Waals surface area contributed by atoms with Gasteiger partial charge in [0.15, 0.2) is 0 Å². The molecule has 3 aromatic heterocycles. The van der Waals surface area contributed by atoms with E-state index in [4.69, 9.17) is 11.6 Å². The maximum Gasteiger partial charge on any atom is 0.267 e. The molecule has 4 aromatic rings. The molecule has 132 valence electrons. The van der Waals surface area contributed by atoms with Crippen LogP contribution in [0, 0.1) is 0 Å². The van der Waals surface area contributed by atoms with Gasteiger partial charge in [0.05, 0.1) is 16.3 Å². The van der Waals surface area contributed by atoms with E-state index in [9.17, 15) is 9.90 Å². The van der Waals surface area contributed by atoms with Crippen molar-refractivity contribution in [3.63, 3.8) is 0 Å². The summed E-state index contributed by atoms with van der Waals surface area (Å²) in [6, 6.07) is 13.8. The minimum atomic E-state index is -0.360. The van der Waals surface area contributed by atoms with E-state index >= 15 is 0 Å². The topological polar surface area (TPSA) is 80.4 Å². The van der Waals surface area contributed by atoms with Gasteiger partial charge in [-0.15, -0.1) is 0 Å². The average molecular weight is 377 g/mol. The number of benzene rings is 1. The summed E-state index contributed by atoms with van der Waals surface area (Å²) in [6.45, 7) is 0. The van der Waals surface area contributed by atoms with Crippen molar-refractivity contribution in [1.29, 1.82) is 0 Å². The fourth-order valence-corrected chi connectivity index (χ4v) is 2.96. The van der Waals surface area contributed by atoms with Crippen molar-refractivity contribution in [1.82, 2.24) is 14.5 Å². The molecule has 0 aliphatic rings. The molecule has 0 aliphatic heterocycles. The fraction of sp³-hybridized carbons (Fsp3) is 0. The first kappa shape index (κ1) is 16.9. The third-order valence-electron chi connectivity index (χ3n) is 4.07. The van der Waals surface area contributed by atoms with Gasteiger partial charge in [-0.2, -0.15) is 0 Å². The van der Waals surface area contributed by atoms with E-state index in [0.717, 1.165) is 4.57 Å². The predicted molar refractivity (Wildman–Crippen MR) is 106 cm³/mol. The number of fused-ring (bicyclic) bond motifs is 1. The molecule has 0 radical (unpaired) electrons. The predicted octanol–water partition coefficient (Wildman–Crippen LogP) is 3.89. The summed E-state index contributed by atoms with van der Waals surface area (Å²) in [5, 5.41) is 12.3. The molecule has 0 aliphatic carbocycles. The second-order valence-corrected chi connectivity index (χ2v) is 6.10. The Hall–Kier alpha value is -3.51. The van der Waals surface area contributed by atoms with Gasteiger partial charge in [0.2, 0.25) is 5.88 Å². The van der Waals surface area contributed by atoms with Gasteiger partial charge in [-0.05, 0) is 24.3 Å². The Morgan fingerprint density at radius 1 is 1.04 bits per heavy atom. The molecule has 0 spiro atoms. The van der Waals surface area contributed by atoms with Crippen LogP contribution < -0.4 is 5.56 Å². The highest BCUT2D eigenvalue weighted by Gasteiger charge is 2.16. The summed E-state index contributed by atoms with van der Waals surface area (Å²) < 4.78 is 1.16. The van der Waals surface area contributed by atoms with E-state index in [-0.39, 0.29) is 11.4 Å². The number of aliphatic imine (C=N–C) groups is 1. The lowest BCUT2D eigenvalue weighted by molar-refractivity contribution is 0.435. The number of halogens is 1. The molecule has 6 nitrogen and oxygen atoms in total. The third kappa shape index (κ3) is 3.07. The second kappa shape index (κ2) is 7.01. The molecule has 4 rings (SSSR count). The first-order valence-corrected chi connectivity index (χ1v) is 8.46. The van der Waals surface area contributed by atoms with Crippen LogP contribution in [0.1, 0.15) is 5.56 Å². The van der Waals surface area contributed by atoms with Crippen LogP contribution in [0.5, 0.6) is 5.88 Å². The Labute approximate surface area is 159 Å². The lowest BCUT2D eigenvalue weighted by atomic mass is 10.1. The van der Waals surface area contributed by atoms with Crippen molar-refractivity contribution in [3.05, 3.63) is 88.1 Å². The Kier molecular flexibility index (Phi) is 4.40. The van der Waals surface area contributed by atoms with Gasteiger partial charge in [0.25, 0.3) is 5.56 Å². The van der Waals surface area contributed by atoms with E-state index in [1.165, 1.54) is 12.4 Å². The molecule has 7 heteroatoms. The van der Waals surface area contributed by atoms with Crippen molar-refractivity contribution < 1.29 is 5.11 Å². The summed E-state index contributed by atoms with van der Waals surface area (Å²) in [7, 11) is 0. The van der Waals surface area contributed by atoms with Gasteiger partial charge in [-0.3, -0.25) is 14.8 Å². The molecule has 0 saturated carbocycles. The highest BCUT2D eigenvalue weighted by molar-refractivity contribution is 6.32. The number of aromatic hydroxyl groups is 1. The van der Waals surface area contributed by atoms with Gasteiger partial charge in [-0.25, -0.2) is 9.55 Å². The van der Waals surface area contributed by atoms with Crippen LogP contribution in [0.3, 0.4) is 0 Å². The first-order valence-electron chi connectivity index (χ1n) is 8.08. The molecule has 3 heterocycles. The molecular weight excluding hydrogens is 364 g/mol. The normalized spacial score (nSPS) is 11.3. The Balaban J connectivity index is 2.00. The number of pyridine rings is 3. The molecule has 1 aromatic carbocycles. The van der Waals surface area contributed by atoms with Gasteiger partial charge >= 0.3 is 0 Å². The summed E-state index contributed by atoms with van der Waals surface area (Å²) in [6.07, 6.45) is 6.10. The van der Waals surface area contributed by atoms with Gasteiger partial charge < -0.3 is 5.11 Å². The molecule has 0 atom stereocenters. The zero-order chi connectivity index (χ0) is 18.8. The largest absolute Gasteiger partial charge is 0.494 e. The highest BCUT2D eigenvalue weighted by atomic mass is 35.5. The fourth-order valence-electron chi connectivity index (χ4n) is 2.79. The van der Waals surface area contributed by atoms with Crippen LogP contribution in [0.25, 0.3) is 16.6 Å². The number of hydrogen-bond donors (Lipinski definition) is 1. The van der Waals surface area contributed by atoms with Crippen molar-refractivity contribution in [3.8, 4) is 11.7 Å². The Bertz CT molecular complexity index is 1220. The molecule has 0 unspecified atom stereocenters. The first-order chi connectivity index (χ1) is 13.2. The lowest BCUT2D eigenvalue weighted by Crippen LogP contribution is -2.20. The summed E-state index contributed by atoms with van der Waals surface area (Å²) in [5.41, 5.74) is 0.537. The SMILES string of the molecule is O=c1c2ccccc2c(C=Nc2ccncc2Cl)c(O)n1-c1ccccn1. The number of hydrogen-bond acceptors (Lipinski definition) is 5. The van der Waals surface area contributed by atoms with Crippen molar-refractivity contribution in [2.45, 2.75) is 0 Å². The zero-order valence-electron chi connectivity index (χ0n) is 14.0. The summed E-state index contributed by atoms with van der Waals surface area (Å²) >= 11 is 6.10.